The highest BCUT2D eigenvalue weighted by molar-refractivity contribution is 8.00. The van der Waals surface area contributed by atoms with Crippen LogP contribution in [0.3, 0.4) is 0 Å². The SMILES string of the molecule is CC1CCC(Sc2cc(C(=O)Nc3ccc(F)c(Cl)c3)ccc2F)CC1. The predicted octanol–water partition coefficient (Wildman–Crippen LogP) is 6.54. The summed E-state index contributed by atoms with van der Waals surface area (Å²) in [4.78, 5) is 12.9. The van der Waals surface area contributed by atoms with E-state index in [1.165, 1.54) is 42.1 Å². The van der Waals surface area contributed by atoms with E-state index in [-0.39, 0.29) is 16.7 Å². The molecule has 1 aliphatic rings. The van der Waals surface area contributed by atoms with Gasteiger partial charge in [-0.2, -0.15) is 0 Å². The average Bonchev–Trinajstić information content (AvgIpc) is 2.62. The molecule has 3 rings (SSSR count). The van der Waals surface area contributed by atoms with Gasteiger partial charge in [-0.1, -0.05) is 18.5 Å². The smallest absolute Gasteiger partial charge is 0.255 e. The summed E-state index contributed by atoms with van der Waals surface area (Å²) >= 11 is 7.24. The van der Waals surface area contributed by atoms with Gasteiger partial charge < -0.3 is 5.32 Å². The first-order valence-corrected chi connectivity index (χ1v) is 9.90. The molecule has 0 atom stereocenters. The fraction of sp³-hybridized carbons (Fsp3) is 0.350. The van der Waals surface area contributed by atoms with Gasteiger partial charge in [0.25, 0.3) is 5.91 Å². The molecule has 138 valence electrons. The van der Waals surface area contributed by atoms with Crippen LogP contribution in [0.25, 0.3) is 0 Å². The molecule has 0 radical (unpaired) electrons. The molecule has 0 unspecified atom stereocenters. The second kappa shape index (κ2) is 8.40. The van der Waals surface area contributed by atoms with Gasteiger partial charge >= 0.3 is 0 Å². The summed E-state index contributed by atoms with van der Waals surface area (Å²) in [7, 11) is 0. The molecule has 0 heterocycles. The summed E-state index contributed by atoms with van der Waals surface area (Å²) in [6.07, 6.45) is 4.45. The number of halogens is 3. The zero-order valence-electron chi connectivity index (χ0n) is 14.4. The van der Waals surface area contributed by atoms with Gasteiger partial charge in [0.2, 0.25) is 0 Å². The Morgan fingerprint density at radius 2 is 1.77 bits per heavy atom. The third-order valence-corrected chi connectivity index (χ3v) is 6.29. The van der Waals surface area contributed by atoms with Crippen LogP contribution in [0.15, 0.2) is 41.3 Å². The topological polar surface area (TPSA) is 29.1 Å². The van der Waals surface area contributed by atoms with Gasteiger partial charge in [0.05, 0.1) is 5.02 Å². The molecule has 1 aliphatic carbocycles. The van der Waals surface area contributed by atoms with Gasteiger partial charge in [0.1, 0.15) is 11.6 Å². The zero-order valence-corrected chi connectivity index (χ0v) is 16.0. The van der Waals surface area contributed by atoms with Crippen LogP contribution < -0.4 is 5.32 Å². The van der Waals surface area contributed by atoms with Crippen molar-refractivity contribution in [3.05, 3.63) is 58.6 Å². The van der Waals surface area contributed by atoms with Crippen LogP contribution in [0.4, 0.5) is 14.5 Å². The van der Waals surface area contributed by atoms with Crippen molar-refractivity contribution in [2.75, 3.05) is 5.32 Å². The van der Waals surface area contributed by atoms with E-state index in [9.17, 15) is 13.6 Å². The number of benzene rings is 2. The summed E-state index contributed by atoms with van der Waals surface area (Å²) in [6.45, 7) is 2.24. The number of carbonyl (C=O) groups excluding carboxylic acids is 1. The second-order valence-electron chi connectivity index (χ2n) is 6.73. The largest absolute Gasteiger partial charge is 0.322 e. The maximum absolute atomic E-state index is 14.2. The lowest BCUT2D eigenvalue weighted by molar-refractivity contribution is 0.102. The number of nitrogens with one attached hydrogen (secondary N) is 1. The third-order valence-electron chi connectivity index (χ3n) is 4.63. The summed E-state index contributed by atoms with van der Waals surface area (Å²) in [5.41, 5.74) is 0.750. The number of rotatable bonds is 4. The van der Waals surface area contributed by atoms with Crippen LogP contribution in [0.2, 0.25) is 5.02 Å². The lowest BCUT2D eigenvalue weighted by atomic mass is 9.91. The standard InChI is InChI=1S/C20H20ClF2NOS/c1-12-2-6-15(7-3-12)26-19-10-13(4-8-18(19)23)20(25)24-14-5-9-17(22)16(21)11-14/h4-5,8-12,15H,2-3,6-7H2,1H3,(H,24,25). The summed E-state index contributed by atoms with van der Waals surface area (Å²) in [6, 6.07) is 8.31. The second-order valence-corrected chi connectivity index (χ2v) is 8.48. The first-order valence-electron chi connectivity index (χ1n) is 8.65. The van der Waals surface area contributed by atoms with Crippen molar-refractivity contribution >= 4 is 35.0 Å². The molecule has 0 aromatic heterocycles. The van der Waals surface area contributed by atoms with Gasteiger partial charge in [0.15, 0.2) is 0 Å². The number of carbonyl (C=O) groups is 1. The Bertz CT molecular complexity index is 806. The van der Waals surface area contributed by atoms with Crippen LogP contribution in [-0.4, -0.2) is 11.2 Å². The van der Waals surface area contributed by atoms with E-state index in [0.717, 1.165) is 31.6 Å². The molecule has 6 heteroatoms. The lowest BCUT2D eigenvalue weighted by Crippen LogP contribution is -2.15. The van der Waals surface area contributed by atoms with Crippen LogP contribution >= 0.6 is 23.4 Å². The van der Waals surface area contributed by atoms with E-state index >= 15 is 0 Å². The van der Waals surface area contributed by atoms with E-state index in [1.807, 2.05) is 0 Å². The van der Waals surface area contributed by atoms with Crippen molar-refractivity contribution in [1.82, 2.24) is 0 Å². The normalized spacial score (nSPS) is 20.0. The molecule has 1 N–H and O–H groups in total. The Morgan fingerprint density at radius 3 is 2.46 bits per heavy atom. The van der Waals surface area contributed by atoms with Gasteiger partial charge in [0, 0.05) is 21.4 Å². The van der Waals surface area contributed by atoms with Crippen molar-refractivity contribution in [3.63, 3.8) is 0 Å². The minimum atomic E-state index is -0.549. The van der Waals surface area contributed by atoms with Crippen molar-refractivity contribution in [2.45, 2.75) is 42.8 Å². The minimum Gasteiger partial charge on any atom is -0.322 e. The van der Waals surface area contributed by atoms with Gasteiger partial charge in [-0.3, -0.25) is 4.79 Å². The third kappa shape index (κ3) is 4.77. The van der Waals surface area contributed by atoms with Crippen molar-refractivity contribution in [2.24, 2.45) is 5.92 Å². The number of hydrogen-bond donors (Lipinski definition) is 1. The number of thioether (sulfide) groups is 1. The highest BCUT2D eigenvalue weighted by Crippen LogP contribution is 2.37. The molecule has 2 aromatic carbocycles. The van der Waals surface area contributed by atoms with E-state index in [2.05, 4.69) is 12.2 Å². The molecule has 2 nitrogen and oxygen atoms in total. The molecular formula is C20H20ClF2NOS. The Kier molecular flexibility index (Phi) is 6.20. The molecule has 1 fully saturated rings. The zero-order chi connectivity index (χ0) is 18.7. The molecule has 2 aromatic rings. The maximum atomic E-state index is 14.2. The van der Waals surface area contributed by atoms with E-state index < -0.39 is 5.82 Å². The molecule has 1 amide bonds. The minimum absolute atomic E-state index is 0.0651. The predicted molar refractivity (Wildman–Crippen MR) is 103 cm³/mol. The molecule has 0 aliphatic heterocycles. The van der Waals surface area contributed by atoms with Gasteiger partial charge in [-0.15, -0.1) is 11.8 Å². The molecule has 26 heavy (non-hydrogen) atoms. The van der Waals surface area contributed by atoms with E-state index in [0.29, 0.717) is 21.4 Å². The molecule has 0 bridgehead atoms. The Labute approximate surface area is 161 Å². The van der Waals surface area contributed by atoms with Crippen molar-refractivity contribution < 1.29 is 13.6 Å². The summed E-state index contributed by atoms with van der Waals surface area (Å²) in [5, 5.41) is 2.98. The van der Waals surface area contributed by atoms with Crippen LogP contribution in [0.1, 0.15) is 43.0 Å². The van der Waals surface area contributed by atoms with E-state index in [4.69, 9.17) is 11.6 Å². The summed E-state index contributed by atoms with van der Waals surface area (Å²) in [5.74, 6) is -0.509. The van der Waals surface area contributed by atoms with Crippen LogP contribution in [0, 0.1) is 17.6 Å². The molecular weight excluding hydrogens is 376 g/mol. The molecule has 0 saturated heterocycles. The quantitative estimate of drug-likeness (QED) is 0.636. The molecule has 0 spiro atoms. The highest BCUT2D eigenvalue weighted by Gasteiger charge is 2.21. The van der Waals surface area contributed by atoms with Gasteiger partial charge in [-0.25, -0.2) is 8.78 Å². The van der Waals surface area contributed by atoms with Crippen molar-refractivity contribution in [3.8, 4) is 0 Å². The molecule has 1 saturated carbocycles. The number of amides is 1. The average molecular weight is 396 g/mol. The fourth-order valence-electron chi connectivity index (χ4n) is 3.04. The first kappa shape index (κ1) is 19.2. The highest BCUT2D eigenvalue weighted by atomic mass is 35.5. The Balaban J connectivity index is 1.71. The maximum Gasteiger partial charge on any atom is 0.255 e. The van der Waals surface area contributed by atoms with Crippen LogP contribution in [0.5, 0.6) is 0 Å². The van der Waals surface area contributed by atoms with Gasteiger partial charge in [-0.05, 0) is 68.0 Å². The fourth-order valence-corrected chi connectivity index (χ4v) is 4.46. The lowest BCUT2D eigenvalue weighted by Gasteiger charge is -2.25. The first-order chi connectivity index (χ1) is 12.4. The monoisotopic (exact) mass is 395 g/mol. The summed E-state index contributed by atoms with van der Waals surface area (Å²) < 4.78 is 27.4. The van der Waals surface area contributed by atoms with Crippen molar-refractivity contribution in [1.29, 1.82) is 0 Å². The Hall–Kier alpha value is -1.59. The van der Waals surface area contributed by atoms with Crippen LogP contribution in [-0.2, 0) is 0 Å². The number of hydrogen-bond acceptors (Lipinski definition) is 2. The number of anilines is 1. The Morgan fingerprint density at radius 1 is 1.08 bits per heavy atom. The van der Waals surface area contributed by atoms with E-state index in [1.54, 1.807) is 6.07 Å².